The summed E-state index contributed by atoms with van der Waals surface area (Å²) in [7, 11) is 1.58. The maximum absolute atomic E-state index is 12.6. The highest BCUT2D eigenvalue weighted by Crippen LogP contribution is 2.29. The summed E-state index contributed by atoms with van der Waals surface area (Å²) in [5.74, 6) is 0.379. The molecule has 1 aliphatic rings. The molecular weight excluding hydrogens is 390 g/mol. The molecule has 1 aliphatic heterocycles. The second kappa shape index (κ2) is 8.27. The van der Waals surface area contributed by atoms with Crippen LogP contribution in [0.1, 0.15) is 21.1 Å². The van der Waals surface area contributed by atoms with Gasteiger partial charge >= 0.3 is 6.03 Å². The molecule has 3 amide bonds. The Morgan fingerprint density at radius 1 is 1.17 bits per heavy atom. The molecule has 0 bridgehead atoms. The van der Waals surface area contributed by atoms with Gasteiger partial charge in [0.05, 0.1) is 19.3 Å². The van der Waals surface area contributed by atoms with Crippen molar-refractivity contribution in [2.45, 2.75) is 13.0 Å². The van der Waals surface area contributed by atoms with Gasteiger partial charge in [0, 0.05) is 35.8 Å². The fourth-order valence-corrected chi connectivity index (χ4v) is 4.00. The smallest absolute Gasteiger partial charge is 0.322 e. The lowest BCUT2D eigenvalue weighted by molar-refractivity contribution is 0.102. The Hall–Kier alpha value is -3.46. The molecule has 9 heteroatoms. The minimum absolute atomic E-state index is 0.184. The molecular formula is C20H19N5O3S. The third-order valence-electron chi connectivity index (χ3n) is 4.46. The van der Waals surface area contributed by atoms with Crippen LogP contribution in [0.4, 0.5) is 15.6 Å². The van der Waals surface area contributed by atoms with Gasteiger partial charge in [0.2, 0.25) is 0 Å². The number of hydrogen-bond acceptors (Lipinski definition) is 6. The van der Waals surface area contributed by atoms with Gasteiger partial charge in [-0.25, -0.2) is 9.78 Å². The summed E-state index contributed by atoms with van der Waals surface area (Å²) >= 11 is 1.38. The summed E-state index contributed by atoms with van der Waals surface area (Å²) in [5, 5.41) is 6.19. The van der Waals surface area contributed by atoms with Crippen molar-refractivity contribution in [2.24, 2.45) is 0 Å². The van der Waals surface area contributed by atoms with E-state index in [1.54, 1.807) is 42.5 Å². The number of anilines is 2. The maximum Gasteiger partial charge on any atom is 0.322 e. The number of benzene rings is 1. The molecule has 3 aromatic rings. The SMILES string of the molecule is COc1cccc(NC(=O)N2CCc3nc(NC(=O)c4ccccn4)sc3C2)c1. The number of urea groups is 1. The van der Waals surface area contributed by atoms with E-state index in [4.69, 9.17) is 4.74 Å². The molecule has 2 N–H and O–H groups in total. The van der Waals surface area contributed by atoms with E-state index in [1.165, 1.54) is 11.3 Å². The molecule has 0 spiro atoms. The summed E-state index contributed by atoms with van der Waals surface area (Å²) in [6.45, 7) is 1.00. The first-order chi connectivity index (χ1) is 14.1. The molecule has 0 saturated carbocycles. The molecule has 0 aliphatic carbocycles. The van der Waals surface area contributed by atoms with Crippen LogP contribution in [0.3, 0.4) is 0 Å². The number of fused-ring (bicyclic) bond motifs is 1. The molecule has 8 nitrogen and oxygen atoms in total. The van der Waals surface area contributed by atoms with E-state index in [1.807, 2.05) is 18.2 Å². The van der Waals surface area contributed by atoms with Gasteiger partial charge in [-0.15, -0.1) is 0 Å². The van der Waals surface area contributed by atoms with E-state index in [2.05, 4.69) is 20.6 Å². The first-order valence-corrected chi connectivity index (χ1v) is 9.85. The number of amides is 3. The minimum Gasteiger partial charge on any atom is -0.497 e. The highest BCUT2D eigenvalue weighted by molar-refractivity contribution is 7.15. The van der Waals surface area contributed by atoms with Gasteiger partial charge in [0.15, 0.2) is 5.13 Å². The van der Waals surface area contributed by atoms with Crippen molar-refractivity contribution in [1.82, 2.24) is 14.9 Å². The van der Waals surface area contributed by atoms with Crippen molar-refractivity contribution < 1.29 is 14.3 Å². The van der Waals surface area contributed by atoms with Crippen LogP contribution < -0.4 is 15.4 Å². The number of aromatic nitrogens is 2. The number of carbonyl (C=O) groups is 2. The standard InChI is InChI=1S/C20H19N5O3S/c1-28-14-6-4-5-13(11-14)22-20(27)25-10-8-15-17(12-25)29-19(23-15)24-18(26)16-7-2-3-9-21-16/h2-7,9,11H,8,10,12H2,1H3,(H,22,27)(H,23,24,26). The molecule has 0 fully saturated rings. The van der Waals surface area contributed by atoms with Crippen molar-refractivity contribution in [2.75, 3.05) is 24.3 Å². The van der Waals surface area contributed by atoms with Crippen LogP contribution >= 0.6 is 11.3 Å². The van der Waals surface area contributed by atoms with Crippen LogP contribution in [0, 0.1) is 0 Å². The molecule has 1 aromatic carbocycles. The predicted molar refractivity (Wildman–Crippen MR) is 110 cm³/mol. The number of ether oxygens (including phenoxy) is 1. The number of carbonyl (C=O) groups excluding carboxylic acids is 2. The monoisotopic (exact) mass is 409 g/mol. The summed E-state index contributed by atoms with van der Waals surface area (Å²) in [6.07, 6.45) is 2.21. The molecule has 0 saturated heterocycles. The highest BCUT2D eigenvalue weighted by atomic mass is 32.1. The fraction of sp³-hybridized carbons (Fsp3) is 0.200. The normalized spacial score (nSPS) is 12.8. The first kappa shape index (κ1) is 18.9. The van der Waals surface area contributed by atoms with E-state index < -0.39 is 0 Å². The third kappa shape index (κ3) is 4.35. The minimum atomic E-state index is -0.302. The molecule has 3 heterocycles. The Morgan fingerprint density at radius 2 is 2.07 bits per heavy atom. The van der Waals surface area contributed by atoms with Gasteiger partial charge in [-0.1, -0.05) is 23.5 Å². The number of hydrogen-bond donors (Lipinski definition) is 2. The largest absolute Gasteiger partial charge is 0.497 e. The predicted octanol–water partition coefficient (Wildman–Crippen LogP) is 3.39. The van der Waals surface area contributed by atoms with Gasteiger partial charge in [-0.2, -0.15) is 0 Å². The lowest BCUT2D eigenvalue weighted by Gasteiger charge is -2.26. The molecule has 29 heavy (non-hydrogen) atoms. The Morgan fingerprint density at radius 3 is 2.86 bits per heavy atom. The Labute approximate surface area is 171 Å². The van der Waals surface area contributed by atoms with Gasteiger partial charge in [-0.3, -0.25) is 15.1 Å². The molecule has 2 aromatic heterocycles. The number of nitrogens with zero attached hydrogens (tertiary/aromatic N) is 3. The molecule has 0 atom stereocenters. The number of rotatable bonds is 4. The summed E-state index contributed by atoms with van der Waals surface area (Å²) in [5.41, 5.74) is 1.92. The van der Waals surface area contributed by atoms with E-state index in [9.17, 15) is 9.59 Å². The van der Waals surface area contributed by atoms with Crippen molar-refractivity contribution in [1.29, 1.82) is 0 Å². The number of thiazole rings is 1. The number of nitrogens with one attached hydrogen (secondary N) is 2. The molecule has 148 valence electrons. The lowest BCUT2D eigenvalue weighted by Crippen LogP contribution is -2.38. The van der Waals surface area contributed by atoms with Crippen molar-refractivity contribution >= 4 is 34.1 Å². The van der Waals surface area contributed by atoms with E-state index in [-0.39, 0.29) is 11.9 Å². The Balaban J connectivity index is 1.41. The second-order valence-corrected chi connectivity index (χ2v) is 7.48. The van der Waals surface area contributed by atoms with Gasteiger partial charge < -0.3 is 15.0 Å². The van der Waals surface area contributed by atoms with Gasteiger partial charge in [-0.05, 0) is 24.3 Å². The van der Waals surface area contributed by atoms with Crippen LogP contribution in [-0.2, 0) is 13.0 Å². The van der Waals surface area contributed by atoms with Crippen molar-refractivity contribution in [3.8, 4) is 5.75 Å². The third-order valence-corrected chi connectivity index (χ3v) is 5.46. The summed E-state index contributed by atoms with van der Waals surface area (Å²) in [6, 6.07) is 12.2. The van der Waals surface area contributed by atoms with Gasteiger partial charge in [0.1, 0.15) is 11.4 Å². The van der Waals surface area contributed by atoms with E-state index >= 15 is 0 Å². The zero-order valence-electron chi connectivity index (χ0n) is 15.7. The quantitative estimate of drug-likeness (QED) is 0.689. The number of methoxy groups -OCH3 is 1. The summed E-state index contributed by atoms with van der Waals surface area (Å²) in [4.78, 5) is 36.1. The van der Waals surface area contributed by atoms with Crippen LogP contribution in [0.5, 0.6) is 5.75 Å². The average Bonchev–Trinajstić information content (AvgIpc) is 3.15. The molecule has 0 radical (unpaired) electrons. The average molecular weight is 409 g/mol. The van der Waals surface area contributed by atoms with Gasteiger partial charge in [0.25, 0.3) is 5.91 Å². The molecule has 0 unspecified atom stereocenters. The van der Waals surface area contributed by atoms with Crippen LogP contribution in [-0.4, -0.2) is 40.5 Å². The zero-order valence-corrected chi connectivity index (χ0v) is 16.5. The maximum atomic E-state index is 12.6. The second-order valence-electron chi connectivity index (χ2n) is 6.39. The Kier molecular flexibility index (Phi) is 5.39. The topological polar surface area (TPSA) is 96.5 Å². The fourth-order valence-electron chi connectivity index (χ4n) is 2.98. The number of pyridine rings is 1. The van der Waals surface area contributed by atoms with E-state index in [0.29, 0.717) is 41.8 Å². The zero-order chi connectivity index (χ0) is 20.2. The highest BCUT2D eigenvalue weighted by Gasteiger charge is 2.25. The lowest BCUT2D eigenvalue weighted by atomic mass is 10.2. The van der Waals surface area contributed by atoms with Crippen molar-refractivity contribution in [3.05, 3.63) is 64.9 Å². The van der Waals surface area contributed by atoms with Crippen LogP contribution in [0.15, 0.2) is 48.7 Å². The van der Waals surface area contributed by atoms with E-state index in [0.717, 1.165) is 10.6 Å². The first-order valence-electron chi connectivity index (χ1n) is 9.03. The summed E-state index contributed by atoms with van der Waals surface area (Å²) < 4.78 is 5.18. The van der Waals surface area contributed by atoms with Crippen LogP contribution in [0.25, 0.3) is 0 Å². The van der Waals surface area contributed by atoms with Crippen molar-refractivity contribution in [3.63, 3.8) is 0 Å². The Bertz CT molecular complexity index is 1040. The van der Waals surface area contributed by atoms with Crippen LogP contribution in [0.2, 0.25) is 0 Å². The molecule has 4 rings (SSSR count).